The largest absolute Gasteiger partial charge is 0.494 e. The van der Waals surface area contributed by atoms with Crippen molar-refractivity contribution in [1.82, 2.24) is 10.6 Å². The highest BCUT2D eigenvalue weighted by Crippen LogP contribution is 2.17. The molecule has 0 aliphatic heterocycles. The van der Waals surface area contributed by atoms with Crippen molar-refractivity contribution in [2.24, 2.45) is 0 Å². The minimum Gasteiger partial charge on any atom is -0.494 e. The number of hydrogen-bond acceptors (Lipinski definition) is 4. The van der Waals surface area contributed by atoms with E-state index in [1.807, 2.05) is 13.0 Å². The molecule has 7 nitrogen and oxygen atoms in total. The summed E-state index contributed by atoms with van der Waals surface area (Å²) in [6, 6.07) is 9.46. The third kappa shape index (κ3) is 6.21. The Morgan fingerprint density at radius 1 is 1.24 bits per heavy atom. The van der Waals surface area contributed by atoms with Gasteiger partial charge in [-0.2, -0.15) is 0 Å². The molecule has 0 fully saturated rings. The summed E-state index contributed by atoms with van der Waals surface area (Å²) in [5, 5.41) is 7.96. The molecule has 3 amide bonds. The molecule has 134 valence electrons. The Morgan fingerprint density at radius 2 is 2.08 bits per heavy atom. The average molecular weight is 345 g/mol. The molecule has 3 N–H and O–H groups in total. The first-order valence-electron chi connectivity index (χ1n) is 8.19. The maximum Gasteiger partial charge on any atom is 0.319 e. The van der Waals surface area contributed by atoms with Crippen LogP contribution in [-0.2, 0) is 11.3 Å². The number of ether oxygens (including phenoxy) is 1. The van der Waals surface area contributed by atoms with Gasteiger partial charge in [-0.25, -0.2) is 4.79 Å². The van der Waals surface area contributed by atoms with Gasteiger partial charge in [0.15, 0.2) is 0 Å². The van der Waals surface area contributed by atoms with Gasteiger partial charge in [-0.1, -0.05) is 13.0 Å². The highest BCUT2D eigenvalue weighted by molar-refractivity contribution is 5.93. The molecule has 1 heterocycles. The van der Waals surface area contributed by atoms with Crippen molar-refractivity contribution in [3.8, 4) is 5.75 Å². The van der Waals surface area contributed by atoms with Crippen LogP contribution in [0.3, 0.4) is 0 Å². The fourth-order valence-electron chi connectivity index (χ4n) is 2.05. The topological polar surface area (TPSA) is 92.6 Å². The van der Waals surface area contributed by atoms with E-state index < -0.39 is 12.1 Å². The Bertz CT molecular complexity index is 685. The van der Waals surface area contributed by atoms with Crippen LogP contribution in [0.4, 0.5) is 10.5 Å². The van der Waals surface area contributed by atoms with Crippen LogP contribution < -0.4 is 20.7 Å². The van der Waals surface area contributed by atoms with Gasteiger partial charge in [0.1, 0.15) is 17.6 Å². The van der Waals surface area contributed by atoms with Gasteiger partial charge in [0, 0.05) is 11.8 Å². The summed E-state index contributed by atoms with van der Waals surface area (Å²) in [5.41, 5.74) is 0.592. The molecule has 0 radical (unpaired) electrons. The standard InChI is InChI=1S/C18H23N3O4/c1-3-9-24-15-7-4-6-14(11-15)21-18(23)20-13(2)17(22)19-12-16-8-5-10-25-16/h4-8,10-11,13H,3,9,12H2,1-2H3,(H,19,22)(H2,20,21,23). The third-order valence-corrected chi connectivity index (χ3v) is 3.32. The molecule has 7 heteroatoms. The van der Waals surface area contributed by atoms with E-state index in [1.165, 1.54) is 6.26 Å². The lowest BCUT2D eigenvalue weighted by atomic mass is 10.3. The van der Waals surface area contributed by atoms with E-state index >= 15 is 0 Å². The van der Waals surface area contributed by atoms with Gasteiger partial charge < -0.3 is 25.1 Å². The van der Waals surface area contributed by atoms with E-state index in [2.05, 4.69) is 16.0 Å². The second-order valence-corrected chi connectivity index (χ2v) is 5.49. The molecular weight excluding hydrogens is 322 g/mol. The Labute approximate surface area is 146 Å². The lowest BCUT2D eigenvalue weighted by Crippen LogP contribution is -2.46. The second-order valence-electron chi connectivity index (χ2n) is 5.49. The van der Waals surface area contributed by atoms with Gasteiger partial charge in [-0.15, -0.1) is 0 Å². The average Bonchev–Trinajstić information content (AvgIpc) is 3.11. The lowest BCUT2D eigenvalue weighted by Gasteiger charge is -2.15. The van der Waals surface area contributed by atoms with Crippen LogP contribution in [0.15, 0.2) is 47.1 Å². The fourth-order valence-corrected chi connectivity index (χ4v) is 2.05. The Kier molecular flexibility index (Phi) is 6.88. The molecule has 2 rings (SSSR count). The number of amides is 3. The number of benzene rings is 1. The Hall–Kier alpha value is -2.96. The van der Waals surface area contributed by atoms with Crippen LogP contribution in [0.5, 0.6) is 5.75 Å². The summed E-state index contributed by atoms with van der Waals surface area (Å²) >= 11 is 0. The number of nitrogens with one attached hydrogen (secondary N) is 3. The summed E-state index contributed by atoms with van der Waals surface area (Å²) in [6.07, 6.45) is 2.44. The number of carbonyl (C=O) groups is 2. The summed E-state index contributed by atoms with van der Waals surface area (Å²) in [4.78, 5) is 24.0. The number of rotatable bonds is 8. The van der Waals surface area contributed by atoms with Gasteiger partial charge in [-0.3, -0.25) is 4.79 Å². The van der Waals surface area contributed by atoms with Crippen LogP contribution in [0.1, 0.15) is 26.0 Å². The number of carbonyl (C=O) groups excluding carboxylic acids is 2. The molecule has 0 bridgehead atoms. The van der Waals surface area contributed by atoms with Crippen molar-refractivity contribution in [3.63, 3.8) is 0 Å². The normalized spacial score (nSPS) is 11.4. The summed E-state index contributed by atoms with van der Waals surface area (Å²) in [7, 11) is 0. The van der Waals surface area contributed by atoms with Gasteiger partial charge in [0.25, 0.3) is 0 Å². The third-order valence-electron chi connectivity index (χ3n) is 3.32. The number of furan rings is 1. The Balaban J connectivity index is 1.79. The minimum atomic E-state index is -0.686. The highest BCUT2D eigenvalue weighted by Gasteiger charge is 2.15. The van der Waals surface area contributed by atoms with Crippen LogP contribution in [0, 0.1) is 0 Å². The fraction of sp³-hybridized carbons (Fsp3) is 0.333. The lowest BCUT2D eigenvalue weighted by molar-refractivity contribution is -0.122. The van der Waals surface area contributed by atoms with Gasteiger partial charge in [0.05, 0.1) is 19.4 Å². The van der Waals surface area contributed by atoms with Crippen molar-refractivity contribution < 1.29 is 18.7 Å². The van der Waals surface area contributed by atoms with E-state index in [0.717, 1.165) is 6.42 Å². The molecule has 0 aliphatic rings. The molecule has 1 aromatic heterocycles. The van der Waals surface area contributed by atoms with Crippen LogP contribution >= 0.6 is 0 Å². The first-order valence-corrected chi connectivity index (χ1v) is 8.19. The molecule has 25 heavy (non-hydrogen) atoms. The van der Waals surface area contributed by atoms with E-state index in [4.69, 9.17) is 9.15 Å². The van der Waals surface area contributed by atoms with Gasteiger partial charge in [-0.05, 0) is 37.6 Å². The quantitative estimate of drug-likeness (QED) is 0.686. The molecule has 1 atom stereocenters. The number of hydrogen-bond donors (Lipinski definition) is 3. The molecule has 1 aromatic carbocycles. The summed E-state index contributed by atoms with van der Waals surface area (Å²) in [5.74, 6) is 1.03. The SMILES string of the molecule is CCCOc1cccc(NC(=O)NC(C)C(=O)NCc2ccco2)c1. The highest BCUT2D eigenvalue weighted by atomic mass is 16.5. The minimum absolute atomic E-state index is 0.274. The maximum absolute atomic E-state index is 12.0. The summed E-state index contributed by atoms with van der Waals surface area (Å²) in [6.45, 7) is 4.52. The van der Waals surface area contributed by atoms with E-state index in [9.17, 15) is 9.59 Å². The van der Waals surface area contributed by atoms with Crippen LogP contribution in [-0.4, -0.2) is 24.6 Å². The zero-order valence-electron chi connectivity index (χ0n) is 14.4. The number of anilines is 1. The molecule has 1 unspecified atom stereocenters. The maximum atomic E-state index is 12.0. The molecule has 0 spiro atoms. The van der Waals surface area contributed by atoms with Crippen molar-refractivity contribution in [1.29, 1.82) is 0 Å². The molecule has 0 saturated carbocycles. The zero-order valence-corrected chi connectivity index (χ0v) is 14.4. The van der Waals surface area contributed by atoms with E-state index in [0.29, 0.717) is 23.8 Å². The van der Waals surface area contributed by atoms with Gasteiger partial charge >= 0.3 is 6.03 Å². The predicted octanol–water partition coefficient (Wildman–Crippen LogP) is 2.89. The zero-order chi connectivity index (χ0) is 18.1. The monoisotopic (exact) mass is 345 g/mol. The van der Waals surface area contributed by atoms with Gasteiger partial charge in [0.2, 0.25) is 5.91 Å². The molecular formula is C18H23N3O4. The summed E-state index contributed by atoms with van der Waals surface area (Å²) < 4.78 is 10.7. The molecule has 0 aliphatic carbocycles. The molecule has 0 saturated heterocycles. The Morgan fingerprint density at radius 3 is 2.80 bits per heavy atom. The second kappa shape index (κ2) is 9.36. The van der Waals surface area contributed by atoms with Crippen molar-refractivity contribution in [3.05, 3.63) is 48.4 Å². The van der Waals surface area contributed by atoms with E-state index in [1.54, 1.807) is 37.3 Å². The smallest absolute Gasteiger partial charge is 0.319 e. The van der Waals surface area contributed by atoms with Crippen molar-refractivity contribution in [2.75, 3.05) is 11.9 Å². The van der Waals surface area contributed by atoms with Crippen molar-refractivity contribution in [2.45, 2.75) is 32.9 Å². The first kappa shape index (κ1) is 18.4. The number of urea groups is 1. The first-order chi connectivity index (χ1) is 12.1. The van der Waals surface area contributed by atoms with Crippen LogP contribution in [0.2, 0.25) is 0 Å². The van der Waals surface area contributed by atoms with Crippen molar-refractivity contribution >= 4 is 17.6 Å². The molecule has 2 aromatic rings. The predicted molar refractivity (Wildman–Crippen MR) is 94.4 cm³/mol. The van der Waals surface area contributed by atoms with Crippen LogP contribution in [0.25, 0.3) is 0 Å². The van der Waals surface area contributed by atoms with E-state index in [-0.39, 0.29) is 12.5 Å².